The van der Waals surface area contributed by atoms with Crippen molar-refractivity contribution in [1.29, 1.82) is 0 Å². The highest BCUT2D eigenvalue weighted by atomic mass is 16.7. The van der Waals surface area contributed by atoms with Crippen LogP contribution in [0, 0.1) is 0 Å². The molecular formula is C41H26N4O2. The van der Waals surface area contributed by atoms with E-state index in [4.69, 9.17) is 9.47 Å². The van der Waals surface area contributed by atoms with E-state index in [2.05, 4.69) is 154 Å². The van der Waals surface area contributed by atoms with Gasteiger partial charge in [-0.1, -0.05) is 97.1 Å². The molecule has 3 aliphatic rings. The van der Waals surface area contributed by atoms with Crippen molar-refractivity contribution in [2.45, 2.75) is 16.6 Å². The van der Waals surface area contributed by atoms with Crippen LogP contribution in [0.15, 0.2) is 134 Å². The van der Waals surface area contributed by atoms with Gasteiger partial charge in [0.15, 0.2) is 0 Å². The summed E-state index contributed by atoms with van der Waals surface area (Å²) in [7, 11) is 0. The fraction of sp³-hybridized carbons (Fsp3) is 0.0732. The maximum absolute atomic E-state index is 7.63. The third kappa shape index (κ3) is 2.38. The van der Waals surface area contributed by atoms with E-state index >= 15 is 0 Å². The van der Waals surface area contributed by atoms with Gasteiger partial charge >= 0.3 is 0 Å². The predicted octanol–water partition coefficient (Wildman–Crippen LogP) is 8.78. The lowest BCUT2D eigenvalue weighted by molar-refractivity contribution is -0.137. The van der Waals surface area contributed by atoms with Crippen LogP contribution in [0.4, 0.5) is 0 Å². The van der Waals surface area contributed by atoms with E-state index in [9.17, 15) is 0 Å². The number of hydrogen-bond donors (Lipinski definition) is 4. The van der Waals surface area contributed by atoms with E-state index in [-0.39, 0.29) is 0 Å². The summed E-state index contributed by atoms with van der Waals surface area (Å²) in [6, 6.07) is 43.1. The molecule has 0 fully saturated rings. The zero-order valence-corrected chi connectivity index (χ0v) is 25.0. The molecule has 6 nitrogen and oxygen atoms in total. The number of rotatable bonds is 2. The SMILES string of the molecule is c1ccc2c(c1)C1(c3c[nH]c4ccccc34)c3c([nH]c4ccccc34)OC13Oc1[nH]c4ccccc4c1C23c1c[nH]c2ccccc12. The molecule has 0 saturated heterocycles. The molecule has 0 radical (unpaired) electrons. The molecule has 2 atom stereocenters. The Morgan fingerprint density at radius 2 is 0.766 bits per heavy atom. The highest BCUT2D eigenvalue weighted by molar-refractivity contribution is 6.01. The highest BCUT2D eigenvalue weighted by Crippen LogP contribution is 2.77. The maximum atomic E-state index is 7.63. The molecule has 1 aliphatic carbocycles. The topological polar surface area (TPSA) is 81.6 Å². The minimum absolute atomic E-state index is 0.740. The van der Waals surface area contributed by atoms with E-state index < -0.39 is 16.6 Å². The number of hydrogen-bond acceptors (Lipinski definition) is 2. The summed E-state index contributed by atoms with van der Waals surface area (Å²) >= 11 is 0. The van der Waals surface area contributed by atoms with Crippen LogP contribution in [0.5, 0.6) is 11.8 Å². The lowest BCUT2D eigenvalue weighted by Crippen LogP contribution is -2.62. The lowest BCUT2D eigenvalue weighted by Gasteiger charge is -2.44. The summed E-state index contributed by atoms with van der Waals surface area (Å²) in [5, 5.41) is 4.53. The number of H-pyrrole nitrogens is 4. The van der Waals surface area contributed by atoms with Crippen molar-refractivity contribution < 1.29 is 9.47 Å². The summed E-state index contributed by atoms with van der Waals surface area (Å²) in [6.45, 7) is 0. The summed E-state index contributed by atoms with van der Waals surface area (Å²) in [5.41, 5.74) is 9.27. The van der Waals surface area contributed by atoms with Crippen molar-refractivity contribution in [1.82, 2.24) is 19.9 Å². The Bertz CT molecular complexity index is 2600. The van der Waals surface area contributed by atoms with E-state index in [0.717, 1.165) is 77.6 Å². The van der Waals surface area contributed by atoms with Crippen molar-refractivity contribution in [3.8, 4) is 11.8 Å². The number of para-hydroxylation sites is 4. The van der Waals surface area contributed by atoms with Crippen molar-refractivity contribution >= 4 is 43.6 Å². The fourth-order valence-electron chi connectivity index (χ4n) is 9.80. The summed E-state index contributed by atoms with van der Waals surface area (Å²) < 4.78 is 15.3. The fourth-order valence-corrected chi connectivity index (χ4v) is 9.80. The average Bonchev–Trinajstić information content (AvgIpc) is 3.95. The maximum Gasteiger partial charge on any atom is 0.290 e. The highest BCUT2D eigenvalue weighted by Gasteiger charge is 2.85. The zero-order chi connectivity index (χ0) is 30.5. The van der Waals surface area contributed by atoms with Crippen molar-refractivity contribution in [2.75, 3.05) is 0 Å². The zero-order valence-electron chi connectivity index (χ0n) is 25.0. The van der Waals surface area contributed by atoms with Gasteiger partial charge in [0.05, 0.1) is 0 Å². The first-order chi connectivity index (χ1) is 23.3. The molecule has 5 aromatic carbocycles. The normalized spacial score (nSPS) is 23.5. The first kappa shape index (κ1) is 24.1. The molecule has 47 heavy (non-hydrogen) atoms. The summed E-state index contributed by atoms with van der Waals surface area (Å²) in [6.07, 6.45) is 4.37. The van der Waals surface area contributed by atoms with E-state index in [1.165, 1.54) is 11.1 Å². The molecule has 12 rings (SSSR count). The molecule has 4 N–H and O–H groups in total. The Morgan fingerprint density at radius 1 is 0.383 bits per heavy atom. The van der Waals surface area contributed by atoms with Crippen molar-refractivity contribution in [3.05, 3.63) is 167 Å². The molecule has 222 valence electrons. The number of ether oxygens (including phenoxy) is 2. The Kier molecular flexibility index (Phi) is 4.00. The minimum atomic E-state index is -1.27. The quantitative estimate of drug-likeness (QED) is 0.159. The van der Waals surface area contributed by atoms with Gasteiger partial charge in [-0.15, -0.1) is 0 Å². The second-order valence-corrected chi connectivity index (χ2v) is 13.1. The summed E-state index contributed by atoms with van der Waals surface area (Å²) in [5.74, 6) is 0.213. The van der Waals surface area contributed by atoms with E-state index in [1.54, 1.807) is 0 Å². The van der Waals surface area contributed by atoms with Gasteiger partial charge in [-0.2, -0.15) is 0 Å². The molecule has 9 aromatic rings. The molecule has 6 heteroatoms. The third-order valence-electron chi connectivity index (χ3n) is 11.3. The number of nitrogens with one attached hydrogen (secondary N) is 4. The van der Waals surface area contributed by atoms with Crippen molar-refractivity contribution in [3.63, 3.8) is 0 Å². The Labute approximate surface area is 268 Å². The molecule has 0 amide bonds. The van der Waals surface area contributed by atoms with Crippen molar-refractivity contribution in [2.24, 2.45) is 0 Å². The Balaban J connectivity index is 1.36. The van der Waals surface area contributed by atoms with Crippen LogP contribution in [-0.4, -0.2) is 25.7 Å². The molecular weight excluding hydrogens is 580 g/mol. The van der Waals surface area contributed by atoms with Gasteiger partial charge in [0, 0.05) is 78.3 Å². The monoisotopic (exact) mass is 606 g/mol. The Morgan fingerprint density at radius 3 is 1.23 bits per heavy atom. The molecule has 0 saturated carbocycles. The second kappa shape index (κ2) is 7.80. The summed E-state index contributed by atoms with van der Waals surface area (Å²) in [4.78, 5) is 14.7. The van der Waals surface area contributed by atoms with E-state index in [0.29, 0.717) is 0 Å². The number of aromatic nitrogens is 4. The molecule has 6 heterocycles. The van der Waals surface area contributed by atoms with Gasteiger partial charge in [0.25, 0.3) is 5.79 Å². The smallest absolute Gasteiger partial charge is 0.290 e. The van der Waals surface area contributed by atoms with Crippen LogP contribution in [0.2, 0.25) is 0 Å². The largest absolute Gasteiger partial charge is 0.433 e. The molecule has 1 spiro atoms. The van der Waals surface area contributed by atoms with Crippen LogP contribution in [-0.2, 0) is 10.8 Å². The predicted molar refractivity (Wildman–Crippen MR) is 183 cm³/mol. The van der Waals surface area contributed by atoms with Gasteiger partial charge in [-0.05, 0) is 35.4 Å². The minimum Gasteiger partial charge on any atom is -0.433 e. The van der Waals surface area contributed by atoms with Gasteiger partial charge in [0.1, 0.15) is 10.8 Å². The molecule has 2 aliphatic heterocycles. The third-order valence-corrected chi connectivity index (χ3v) is 11.3. The van der Waals surface area contributed by atoms with Crippen LogP contribution < -0.4 is 9.47 Å². The van der Waals surface area contributed by atoms with Gasteiger partial charge in [0.2, 0.25) is 11.8 Å². The van der Waals surface area contributed by atoms with E-state index in [1.807, 2.05) is 0 Å². The first-order valence-electron chi connectivity index (χ1n) is 16.1. The molecule has 2 unspecified atom stereocenters. The number of aromatic amines is 4. The van der Waals surface area contributed by atoms with Crippen LogP contribution in [0.3, 0.4) is 0 Å². The Hall–Kier alpha value is -6.14. The van der Waals surface area contributed by atoms with Crippen LogP contribution in [0.1, 0.15) is 33.4 Å². The first-order valence-corrected chi connectivity index (χ1v) is 16.1. The lowest BCUT2D eigenvalue weighted by atomic mass is 9.61. The molecule has 4 aromatic heterocycles. The standard InChI is InChI=1S/C41H26N4O2/c1-7-17-31-23(11-1)29(21-42-31)39-27-15-5-6-16-28(27)40(30-22-43-32-18-8-2-12-24(30)32)36-26-14-4-10-20-34(26)45-38(36)47-41(39,40)46-37-35(39)25-13-3-9-19-33(25)44-37/h1-22,42-45H. The van der Waals surface area contributed by atoms with Crippen LogP contribution >= 0.6 is 0 Å². The number of benzene rings is 5. The van der Waals surface area contributed by atoms with Crippen LogP contribution in [0.25, 0.3) is 43.6 Å². The average molecular weight is 607 g/mol. The van der Waals surface area contributed by atoms with Gasteiger partial charge in [-0.25, -0.2) is 0 Å². The molecule has 0 bridgehead atoms. The van der Waals surface area contributed by atoms with Gasteiger partial charge in [-0.3, -0.25) is 0 Å². The number of fused-ring (bicyclic) bond motifs is 13. The second-order valence-electron chi connectivity index (χ2n) is 13.1. The van der Waals surface area contributed by atoms with Gasteiger partial charge < -0.3 is 29.4 Å².